The molecule has 6 nitrogen and oxygen atoms in total. The maximum atomic E-state index is 5.11. The Labute approximate surface area is 109 Å². The van der Waals surface area contributed by atoms with Crippen molar-refractivity contribution < 1.29 is 4.74 Å². The fourth-order valence-electron chi connectivity index (χ4n) is 1.56. The number of ether oxygens (including phenoxy) is 1. The van der Waals surface area contributed by atoms with Crippen LogP contribution in [0.1, 0.15) is 33.6 Å². The molecule has 1 rings (SSSR count). The number of unbranched alkanes of at least 4 members (excludes halogenated alkanes) is 1. The molecule has 0 spiro atoms. The molecule has 0 aromatic carbocycles. The first-order valence-corrected chi connectivity index (χ1v) is 6.53. The Kier molecular flexibility index (Phi) is 6.18. The third-order valence-corrected chi connectivity index (χ3v) is 2.57. The van der Waals surface area contributed by atoms with Gasteiger partial charge in [-0.2, -0.15) is 15.0 Å². The summed E-state index contributed by atoms with van der Waals surface area (Å²) in [6, 6.07) is 0.353. The summed E-state index contributed by atoms with van der Waals surface area (Å²) in [4.78, 5) is 15.0. The lowest BCUT2D eigenvalue weighted by Gasteiger charge is -2.21. The molecule has 0 saturated heterocycles. The van der Waals surface area contributed by atoms with E-state index in [2.05, 4.69) is 39.0 Å². The molecule has 0 bridgehead atoms. The highest BCUT2D eigenvalue weighted by Crippen LogP contribution is 2.15. The number of nitrogens with zero attached hydrogens (tertiary/aromatic N) is 4. The second-order valence-corrected chi connectivity index (χ2v) is 3.91. The smallest absolute Gasteiger partial charge is 0.322 e. The Morgan fingerprint density at radius 1 is 1.17 bits per heavy atom. The Morgan fingerprint density at radius 3 is 2.50 bits per heavy atom. The maximum absolute atomic E-state index is 5.11. The predicted octanol–water partition coefficient (Wildman–Crippen LogP) is 1.94. The minimum atomic E-state index is 0.353. The molecule has 6 heteroatoms. The molecule has 0 aliphatic rings. The fourth-order valence-corrected chi connectivity index (χ4v) is 1.56. The molecular weight excluding hydrogens is 230 g/mol. The van der Waals surface area contributed by atoms with Gasteiger partial charge in [-0.25, -0.2) is 0 Å². The summed E-state index contributed by atoms with van der Waals surface area (Å²) in [5.41, 5.74) is 0. The quantitative estimate of drug-likeness (QED) is 0.764. The molecule has 1 heterocycles. The van der Waals surface area contributed by atoms with Crippen molar-refractivity contribution in [1.82, 2.24) is 15.0 Å². The highest BCUT2D eigenvalue weighted by molar-refractivity contribution is 5.38. The van der Waals surface area contributed by atoms with Gasteiger partial charge in [0.2, 0.25) is 11.9 Å². The number of hydrogen-bond acceptors (Lipinski definition) is 6. The van der Waals surface area contributed by atoms with E-state index < -0.39 is 0 Å². The molecular formula is C12H23N5O. The molecule has 18 heavy (non-hydrogen) atoms. The molecule has 1 aromatic heterocycles. The van der Waals surface area contributed by atoms with Gasteiger partial charge >= 0.3 is 6.01 Å². The lowest BCUT2D eigenvalue weighted by atomic mass is 10.3. The van der Waals surface area contributed by atoms with Crippen LogP contribution in [0.4, 0.5) is 11.9 Å². The Hall–Kier alpha value is -1.59. The molecule has 102 valence electrons. The fraction of sp³-hybridized carbons (Fsp3) is 0.750. The molecule has 0 atom stereocenters. The maximum Gasteiger partial charge on any atom is 0.322 e. The van der Waals surface area contributed by atoms with Crippen molar-refractivity contribution >= 4 is 11.9 Å². The number of rotatable bonds is 8. The predicted molar refractivity (Wildman–Crippen MR) is 73.3 cm³/mol. The van der Waals surface area contributed by atoms with Gasteiger partial charge in [0.05, 0.1) is 7.11 Å². The van der Waals surface area contributed by atoms with Crippen LogP contribution in [0.3, 0.4) is 0 Å². The van der Waals surface area contributed by atoms with Gasteiger partial charge in [-0.05, 0) is 20.3 Å². The zero-order valence-corrected chi connectivity index (χ0v) is 11.7. The third-order valence-electron chi connectivity index (χ3n) is 2.57. The molecule has 0 fully saturated rings. The average molecular weight is 253 g/mol. The van der Waals surface area contributed by atoms with Crippen molar-refractivity contribution in [2.45, 2.75) is 33.6 Å². The van der Waals surface area contributed by atoms with Gasteiger partial charge < -0.3 is 15.0 Å². The zero-order chi connectivity index (χ0) is 13.4. The van der Waals surface area contributed by atoms with Crippen LogP contribution in [-0.4, -0.2) is 41.7 Å². The van der Waals surface area contributed by atoms with Gasteiger partial charge in [-0.1, -0.05) is 13.3 Å². The second kappa shape index (κ2) is 7.68. The summed E-state index contributed by atoms with van der Waals surface area (Å²) in [6.07, 6.45) is 2.27. The SMILES string of the molecule is CCCCN(CC)c1nc(NCC)nc(OC)n1. The number of anilines is 2. The van der Waals surface area contributed by atoms with Crippen LogP contribution in [0, 0.1) is 0 Å². The van der Waals surface area contributed by atoms with E-state index >= 15 is 0 Å². The minimum Gasteiger partial charge on any atom is -0.467 e. The molecule has 0 radical (unpaired) electrons. The van der Waals surface area contributed by atoms with Gasteiger partial charge in [-0.3, -0.25) is 0 Å². The van der Waals surface area contributed by atoms with Crippen LogP contribution >= 0.6 is 0 Å². The molecule has 0 aliphatic carbocycles. The van der Waals surface area contributed by atoms with Crippen molar-refractivity contribution in [2.24, 2.45) is 0 Å². The van der Waals surface area contributed by atoms with E-state index in [1.807, 2.05) is 6.92 Å². The zero-order valence-electron chi connectivity index (χ0n) is 11.7. The summed E-state index contributed by atoms with van der Waals surface area (Å²) in [5, 5.41) is 3.09. The Balaban J connectivity index is 2.93. The van der Waals surface area contributed by atoms with Gasteiger partial charge in [0, 0.05) is 19.6 Å². The van der Waals surface area contributed by atoms with E-state index in [1.165, 1.54) is 0 Å². The van der Waals surface area contributed by atoms with E-state index in [9.17, 15) is 0 Å². The van der Waals surface area contributed by atoms with Crippen molar-refractivity contribution in [3.05, 3.63) is 0 Å². The molecule has 0 unspecified atom stereocenters. The van der Waals surface area contributed by atoms with E-state index in [0.717, 1.165) is 32.5 Å². The first kappa shape index (κ1) is 14.5. The highest BCUT2D eigenvalue weighted by atomic mass is 16.5. The van der Waals surface area contributed by atoms with Crippen LogP contribution in [-0.2, 0) is 0 Å². The topological polar surface area (TPSA) is 63.2 Å². The first-order valence-electron chi connectivity index (χ1n) is 6.53. The summed E-state index contributed by atoms with van der Waals surface area (Å²) < 4.78 is 5.11. The minimum absolute atomic E-state index is 0.353. The Morgan fingerprint density at radius 2 is 1.94 bits per heavy atom. The largest absolute Gasteiger partial charge is 0.467 e. The van der Waals surface area contributed by atoms with E-state index in [1.54, 1.807) is 7.11 Å². The van der Waals surface area contributed by atoms with Gasteiger partial charge in [0.25, 0.3) is 0 Å². The van der Waals surface area contributed by atoms with Crippen molar-refractivity contribution in [3.63, 3.8) is 0 Å². The number of aromatic nitrogens is 3. The lowest BCUT2D eigenvalue weighted by molar-refractivity contribution is 0.378. The molecule has 0 aliphatic heterocycles. The molecule has 0 saturated carbocycles. The molecule has 1 N–H and O–H groups in total. The summed E-state index contributed by atoms with van der Waals surface area (Å²) >= 11 is 0. The number of nitrogens with one attached hydrogen (secondary N) is 1. The van der Waals surface area contributed by atoms with Crippen molar-refractivity contribution in [3.8, 4) is 6.01 Å². The van der Waals surface area contributed by atoms with Crippen LogP contribution in [0.25, 0.3) is 0 Å². The summed E-state index contributed by atoms with van der Waals surface area (Å²) in [5.74, 6) is 1.24. The summed E-state index contributed by atoms with van der Waals surface area (Å²) in [6.45, 7) is 8.87. The second-order valence-electron chi connectivity index (χ2n) is 3.91. The monoisotopic (exact) mass is 253 g/mol. The number of methoxy groups -OCH3 is 1. The normalized spacial score (nSPS) is 10.2. The summed E-state index contributed by atoms with van der Waals surface area (Å²) in [7, 11) is 1.57. The van der Waals surface area contributed by atoms with E-state index in [0.29, 0.717) is 17.9 Å². The van der Waals surface area contributed by atoms with Crippen LogP contribution in [0.2, 0.25) is 0 Å². The van der Waals surface area contributed by atoms with E-state index in [-0.39, 0.29) is 0 Å². The molecule has 1 aromatic rings. The standard InChI is InChI=1S/C12H23N5O/c1-5-8-9-17(7-3)11-14-10(13-6-2)15-12(16-11)18-4/h5-9H2,1-4H3,(H,13,14,15,16). The third kappa shape index (κ3) is 4.01. The molecule has 0 amide bonds. The van der Waals surface area contributed by atoms with Crippen LogP contribution < -0.4 is 15.0 Å². The van der Waals surface area contributed by atoms with Gasteiger partial charge in [0.15, 0.2) is 0 Å². The van der Waals surface area contributed by atoms with Gasteiger partial charge in [0.1, 0.15) is 0 Å². The van der Waals surface area contributed by atoms with Crippen LogP contribution in [0.5, 0.6) is 6.01 Å². The van der Waals surface area contributed by atoms with Crippen molar-refractivity contribution in [1.29, 1.82) is 0 Å². The van der Waals surface area contributed by atoms with Crippen LogP contribution in [0.15, 0.2) is 0 Å². The average Bonchev–Trinajstić information content (AvgIpc) is 2.39. The van der Waals surface area contributed by atoms with Crippen molar-refractivity contribution in [2.75, 3.05) is 37.0 Å². The Bertz CT molecular complexity index is 358. The number of hydrogen-bond donors (Lipinski definition) is 1. The van der Waals surface area contributed by atoms with E-state index in [4.69, 9.17) is 4.74 Å². The lowest BCUT2D eigenvalue weighted by Crippen LogP contribution is -2.26. The highest BCUT2D eigenvalue weighted by Gasteiger charge is 2.11. The first-order chi connectivity index (χ1) is 8.74. The van der Waals surface area contributed by atoms with Gasteiger partial charge in [-0.15, -0.1) is 0 Å².